The Morgan fingerprint density at radius 3 is 2.85 bits per heavy atom. The number of nitrogens with one attached hydrogen (secondary N) is 1. The molecule has 1 aromatic heterocycles. The summed E-state index contributed by atoms with van der Waals surface area (Å²) in [6, 6.07) is 9.29. The van der Waals surface area contributed by atoms with Crippen LogP contribution in [0.3, 0.4) is 0 Å². The van der Waals surface area contributed by atoms with E-state index in [1.807, 2.05) is 6.20 Å². The summed E-state index contributed by atoms with van der Waals surface area (Å²) in [5, 5.41) is 17.6. The largest absolute Gasteiger partial charge is 0.306 e. The molecule has 2 aromatic rings. The molecule has 1 aliphatic carbocycles. The van der Waals surface area contributed by atoms with Gasteiger partial charge in [0.2, 0.25) is 0 Å². The van der Waals surface area contributed by atoms with E-state index in [1.165, 1.54) is 23.1 Å². The molecule has 2 unspecified atom stereocenters. The predicted octanol–water partition coefficient (Wildman–Crippen LogP) is 3.60. The molecule has 1 fully saturated rings. The number of aliphatic imine (C=N–C) groups is 1. The van der Waals surface area contributed by atoms with E-state index < -0.39 is 0 Å². The highest BCUT2D eigenvalue weighted by Gasteiger charge is 2.40. The molecule has 1 N–H and O–H groups in total. The van der Waals surface area contributed by atoms with Gasteiger partial charge >= 0.3 is 0 Å². The average Bonchev–Trinajstić information content (AvgIpc) is 3.36. The maximum atomic E-state index is 10.2. The van der Waals surface area contributed by atoms with Crippen molar-refractivity contribution in [2.45, 2.75) is 38.0 Å². The van der Waals surface area contributed by atoms with Crippen LogP contribution in [-0.2, 0) is 12.8 Å². The number of likely N-dealkylation sites (tertiary alicyclic amines) is 1. The van der Waals surface area contributed by atoms with E-state index in [0.717, 1.165) is 55.9 Å². The van der Waals surface area contributed by atoms with Crippen molar-refractivity contribution in [3.8, 4) is 6.07 Å². The lowest BCUT2D eigenvalue weighted by atomic mass is 9.72. The van der Waals surface area contributed by atoms with Gasteiger partial charge in [0.25, 0.3) is 0 Å². The first-order chi connectivity index (χ1) is 13.3. The molecule has 3 aliphatic rings. The Bertz CT molecular complexity index is 926. The number of benzene rings is 1. The van der Waals surface area contributed by atoms with Crippen molar-refractivity contribution in [3.05, 3.63) is 46.6 Å². The molecule has 5 heteroatoms. The summed E-state index contributed by atoms with van der Waals surface area (Å²) >= 11 is 0. The van der Waals surface area contributed by atoms with Crippen molar-refractivity contribution < 1.29 is 0 Å². The molecular weight excluding hydrogens is 334 g/mol. The minimum absolute atomic E-state index is 0.0453. The third-order valence-corrected chi connectivity index (χ3v) is 6.67. The first-order valence-corrected chi connectivity index (χ1v) is 10.1. The first-order valence-electron chi connectivity index (χ1n) is 10.1. The lowest BCUT2D eigenvalue weighted by molar-refractivity contribution is 0.249. The minimum Gasteiger partial charge on any atom is -0.306 e. The third-order valence-electron chi connectivity index (χ3n) is 6.67. The van der Waals surface area contributed by atoms with Gasteiger partial charge < -0.3 is 4.90 Å². The van der Waals surface area contributed by atoms with Crippen LogP contribution in [-0.4, -0.2) is 40.9 Å². The molecule has 0 saturated carbocycles. The Kier molecular flexibility index (Phi) is 4.09. The number of hydrogen-bond donors (Lipinski definition) is 1. The molecule has 5 nitrogen and oxygen atoms in total. The molecule has 3 heterocycles. The topological polar surface area (TPSA) is 68.1 Å². The van der Waals surface area contributed by atoms with E-state index in [4.69, 9.17) is 4.99 Å². The highest BCUT2D eigenvalue weighted by atomic mass is 15.2. The first kappa shape index (κ1) is 16.7. The van der Waals surface area contributed by atoms with E-state index >= 15 is 0 Å². The molecule has 0 radical (unpaired) electrons. The van der Waals surface area contributed by atoms with Crippen LogP contribution in [0.1, 0.15) is 47.4 Å². The van der Waals surface area contributed by atoms with Gasteiger partial charge in [-0.25, -0.2) is 4.99 Å². The number of rotatable bonds is 2. The molecule has 1 aromatic carbocycles. The second kappa shape index (κ2) is 6.61. The van der Waals surface area contributed by atoms with Crippen LogP contribution < -0.4 is 0 Å². The molecular formula is C22H25N5. The summed E-state index contributed by atoms with van der Waals surface area (Å²) in [6.07, 6.45) is 7.53. The van der Waals surface area contributed by atoms with E-state index in [9.17, 15) is 5.26 Å². The van der Waals surface area contributed by atoms with Crippen LogP contribution in [0, 0.1) is 23.2 Å². The fraction of sp³-hybridized carbons (Fsp3) is 0.500. The normalized spacial score (nSPS) is 25.6. The van der Waals surface area contributed by atoms with Crippen LogP contribution in [0.25, 0.3) is 0 Å². The monoisotopic (exact) mass is 359 g/mol. The number of piperidine rings is 1. The van der Waals surface area contributed by atoms with Crippen molar-refractivity contribution in [1.29, 1.82) is 5.26 Å². The Morgan fingerprint density at radius 2 is 2.04 bits per heavy atom. The lowest BCUT2D eigenvalue weighted by Crippen LogP contribution is -2.38. The number of nitriles is 1. The quantitative estimate of drug-likeness (QED) is 0.891. The summed E-state index contributed by atoms with van der Waals surface area (Å²) in [5.41, 5.74) is 6.39. The molecule has 27 heavy (non-hydrogen) atoms. The molecule has 2 atom stereocenters. The number of aromatic nitrogens is 2. The van der Waals surface area contributed by atoms with Crippen LogP contribution >= 0.6 is 0 Å². The second-order valence-corrected chi connectivity index (χ2v) is 8.21. The minimum atomic E-state index is -0.199. The van der Waals surface area contributed by atoms with Crippen LogP contribution in [0.4, 0.5) is 5.82 Å². The Balaban J connectivity index is 1.61. The summed E-state index contributed by atoms with van der Waals surface area (Å²) in [7, 11) is 2.17. The van der Waals surface area contributed by atoms with Gasteiger partial charge in [-0.2, -0.15) is 10.4 Å². The number of aromatic amines is 1. The lowest BCUT2D eigenvalue weighted by Gasteiger charge is -2.35. The van der Waals surface area contributed by atoms with Crippen molar-refractivity contribution in [3.63, 3.8) is 0 Å². The average molecular weight is 359 g/mol. The molecule has 1 saturated heterocycles. The second-order valence-electron chi connectivity index (χ2n) is 8.21. The SMILES string of the molecule is CN1CCC(C2=Nc3[nH]ncc3C(c3cccc4c3CCC4)C2C#N)CC1. The molecule has 5 rings (SSSR count). The van der Waals surface area contributed by atoms with E-state index in [2.05, 4.69) is 46.4 Å². The van der Waals surface area contributed by atoms with Gasteiger partial charge in [-0.3, -0.25) is 5.10 Å². The van der Waals surface area contributed by atoms with Gasteiger partial charge in [0.05, 0.1) is 18.2 Å². The highest BCUT2D eigenvalue weighted by molar-refractivity contribution is 5.96. The zero-order chi connectivity index (χ0) is 18.4. The number of H-pyrrole nitrogens is 1. The summed E-state index contributed by atoms with van der Waals surface area (Å²) in [5.74, 6) is 1.09. The number of nitrogens with zero attached hydrogens (tertiary/aromatic N) is 4. The molecule has 0 bridgehead atoms. The molecule has 0 spiro atoms. The molecule has 138 valence electrons. The Labute approximate surface area is 160 Å². The number of fused-ring (bicyclic) bond motifs is 2. The predicted molar refractivity (Wildman–Crippen MR) is 105 cm³/mol. The van der Waals surface area contributed by atoms with Gasteiger partial charge in [0.15, 0.2) is 5.82 Å². The smallest absolute Gasteiger partial charge is 0.151 e. The number of aryl methyl sites for hydroxylation is 1. The van der Waals surface area contributed by atoms with Gasteiger partial charge in [0, 0.05) is 23.1 Å². The zero-order valence-corrected chi connectivity index (χ0v) is 15.8. The standard InChI is InChI=1S/C22H25N5/c1-27-10-8-15(9-11-27)21-18(12-23)20(19-13-24-26-22(19)25-21)17-7-3-5-14-4-2-6-16(14)17/h3,5,7,13,15,18,20H,2,4,6,8-11H2,1H3,(H,24,26). The van der Waals surface area contributed by atoms with E-state index in [1.54, 1.807) is 0 Å². The zero-order valence-electron chi connectivity index (χ0n) is 15.8. The summed E-state index contributed by atoms with van der Waals surface area (Å²) < 4.78 is 0. The van der Waals surface area contributed by atoms with Crippen LogP contribution in [0.15, 0.2) is 29.4 Å². The fourth-order valence-electron chi connectivity index (χ4n) is 5.23. The third kappa shape index (κ3) is 2.71. The molecule has 0 amide bonds. The fourth-order valence-corrected chi connectivity index (χ4v) is 5.23. The van der Waals surface area contributed by atoms with Crippen molar-refractivity contribution in [2.24, 2.45) is 16.8 Å². The van der Waals surface area contributed by atoms with E-state index in [0.29, 0.717) is 5.92 Å². The van der Waals surface area contributed by atoms with Crippen molar-refractivity contribution >= 4 is 11.5 Å². The van der Waals surface area contributed by atoms with E-state index in [-0.39, 0.29) is 11.8 Å². The highest BCUT2D eigenvalue weighted by Crippen LogP contribution is 2.46. The van der Waals surface area contributed by atoms with Crippen molar-refractivity contribution in [1.82, 2.24) is 15.1 Å². The van der Waals surface area contributed by atoms with Gasteiger partial charge in [-0.1, -0.05) is 18.2 Å². The Morgan fingerprint density at radius 1 is 1.19 bits per heavy atom. The van der Waals surface area contributed by atoms with Crippen LogP contribution in [0.2, 0.25) is 0 Å². The summed E-state index contributed by atoms with van der Waals surface area (Å²) in [6.45, 7) is 2.14. The van der Waals surface area contributed by atoms with Crippen molar-refractivity contribution in [2.75, 3.05) is 20.1 Å². The van der Waals surface area contributed by atoms with Crippen LogP contribution in [0.5, 0.6) is 0 Å². The van der Waals surface area contributed by atoms with Gasteiger partial charge in [-0.05, 0) is 68.9 Å². The summed E-state index contributed by atoms with van der Waals surface area (Å²) in [4.78, 5) is 7.30. The van der Waals surface area contributed by atoms with Gasteiger partial charge in [0.1, 0.15) is 0 Å². The maximum absolute atomic E-state index is 10.2. The molecule has 2 aliphatic heterocycles. The maximum Gasteiger partial charge on any atom is 0.151 e. The van der Waals surface area contributed by atoms with Gasteiger partial charge in [-0.15, -0.1) is 0 Å². The Hall–Kier alpha value is -2.45. The number of hydrogen-bond acceptors (Lipinski definition) is 4.